The molecule has 2 saturated heterocycles. The van der Waals surface area contributed by atoms with Crippen LogP contribution in [0.5, 0.6) is 0 Å². The molecule has 0 aromatic carbocycles. The third-order valence-electron chi connectivity index (χ3n) is 5.80. The van der Waals surface area contributed by atoms with Gasteiger partial charge in [0.1, 0.15) is 0 Å². The first-order valence-corrected chi connectivity index (χ1v) is 10.1. The number of piperidine rings is 1. The first-order chi connectivity index (χ1) is 13.1. The highest BCUT2D eigenvalue weighted by atomic mass is 127. The van der Waals surface area contributed by atoms with Crippen LogP contribution in [0, 0.1) is 11.7 Å². The molecule has 1 aromatic heterocycles. The van der Waals surface area contributed by atoms with E-state index in [1.807, 2.05) is 4.90 Å². The maximum Gasteiger partial charge on any atom is 0.191 e. The van der Waals surface area contributed by atoms with Crippen molar-refractivity contribution in [1.82, 2.24) is 20.5 Å². The van der Waals surface area contributed by atoms with E-state index in [1.165, 1.54) is 32.0 Å². The Morgan fingerprint density at radius 1 is 1.32 bits per heavy atom. The molecule has 2 fully saturated rings. The summed E-state index contributed by atoms with van der Waals surface area (Å²) in [5, 5.41) is 6.94. The molecular weight excluding hydrogens is 470 g/mol. The van der Waals surface area contributed by atoms with Crippen LogP contribution in [0.15, 0.2) is 23.3 Å². The van der Waals surface area contributed by atoms with Gasteiger partial charge in [-0.15, -0.1) is 24.0 Å². The van der Waals surface area contributed by atoms with Crippen molar-refractivity contribution < 1.29 is 4.39 Å². The van der Waals surface area contributed by atoms with Crippen LogP contribution in [0.4, 0.5) is 10.2 Å². The lowest BCUT2D eigenvalue weighted by atomic mass is 9.98. The summed E-state index contributed by atoms with van der Waals surface area (Å²) in [6.45, 7) is 9.39. The summed E-state index contributed by atoms with van der Waals surface area (Å²) in [4.78, 5) is 13.1. The third-order valence-corrected chi connectivity index (χ3v) is 5.80. The molecule has 0 saturated carbocycles. The number of hydrogen-bond donors (Lipinski definition) is 2. The number of hydrogen-bond acceptors (Lipinski definition) is 4. The molecule has 0 aliphatic carbocycles. The van der Waals surface area contributed by atoms with Gasteiger partial charge in [0.2, 0.25) is 0 Å². The zero-order valence-electron chi connectivity index (χ0n) is 17.2. The van der Waals surface area contributed by atoms with Gasteiger partial charge in [-0.25, -0.2) is 9.37 Å². The molecule has 2 unspecified atom stereocenters. The van der Waals surface area contributed by atoms with E-state index in [1.54, 1.807) is 19.3 Å². The number of rotatable bonds is 5. The van der Waals surface area contributed by atoms with Crippen molar-refractivity contribution in [3.63, 3.8) is 0 Å². The van der Waals surface area contributed by atoms with Crippen LogP contribution in [-0.4, -0.2) is 67.7 Å². The third kappa shape index (κ3) is 6.17. The van der Waals surface area contributed by atoms with Gasteiger partial charge in [0.15, 0.2) is 17.6 Å². The summed E-state index contributed by atoms with van der Waals surface area (Å²) in [7, 11) is 1.80. The summed E-state index contributed by atoms with van der Waals surface area (Å²) in [5.41, 5.74) is 0. The lowest BCUT2D eigenvalue weighted by Gasteiger charge is -2.35. The van der Waals surface area contributed by atoms with Crippen LogP contribution in [0.1, 0.15) is 33.1 Å². The maximum absolute atomic E-state index is 13.9. The molecule has 8 heteroatoms. The second-order valence-corrected chi connectivity index (χ2v) is 7.91. The monoisotopic (exact) mass is 504 g/mol. The lowest BCUT2D eigenvalue weighted by Crippen LogP contribution is -2.50. The van der Waals surface area contributed by atoms with Crippen molar-refractivity contribution in [3.8, 4) is 0 Å². The molecule has 0 radical (unpaired) electrons. The molecule has 3 heterocycles. The van der Waals surface area contributed by atoms with Crippen LogP contribution in [0.3, 0.4) is 0 Å². The highest BCUT2D eigenvalue weighted by Gasteiger charge is 2.26. The molecule has 2 N–H and O–H groups in total. The first-order valence-electron chi connectivity index (χ1n) is 10.1. The van der Waals surface area contributed by atoms with Crippen molar-refractivity contribution in [2.24, 2.45) is 10.9 Å². The highest BCUT2D eigenvalue weighted by molar-refractivity contribution is 14.0. The number of nitrogens with one attached hydrogen (secondary N) is 2. The van der Waals surface area contributed by atoms with Gasteiger partial charge < -0.3 is 15.5 Å². The van der Waals surface area contributed by atoms with E-state index in [2.05, 4.69) is 39.4 Å². The quantitative estimate of drug-likeness (QED) is 0.367. The first kappa shape index (κ1) is 23.1. The van der Waals surface area contributed by atoms with E-state index < -0.39 is 0 Å². The zero-order chi connectivity index (χ0) is 19.2. The second kappa shape index (κ2) is 11.1. The molecule has 28 heavy (non-hydrogen) atoms. The summed E-state index contributed by atoms with van der Waals surface area (Å²) in [5.74, 6) is 1.86. The molecule has 0 bridgehead atoms. The van der Waals surface area contributed by atoms with Crippen molar-refractivity contribution >= 4 is 35.8 Å². The van der Waals surface area contributed by atoms with Crippen molar-refractivity contribution in [3.05, 3.63) is 24.1 Å². The number of nitrogens with zero attached hydrogens (tertiary/aromatic N) is 4. The van der Waals surface area contributed by atoms with Gasteiger partial charge >= 0.3 is 0 Å². The fourth-order valence-corrected chi connectivity index (χ4v) is 3.91. The van der Waals surface area contributed by atoms with Crippen molar-refractivity contribution in [1.29, 1.82) is 0 Å². The van der Waals surface area contributed by atoms with E-state index in [0.717, 1.165) is 37.9 Å². The fraction of sp³-hybridized carbons (Fsp3) is 0.700. The Balaban J connectivity index is 0.00000280. The van der Waals surface area contributed by atoms with Crippen LogP contribution >= 0.6 is 24.0 Å². The van der Waals surface area contributed by atoms with Gasteiger partial charge in [-0.2, -0.15) is 0 Å². The van der Waals surface area contributed by atoms with E-state index in [-0.39, 0.29) is 35.8 Å². The SMILES string of the molecule is CN=C(NCC(C)N1CCC(C)CC1)NC1CCN(c2ncccc2F)C1.I. The van der Waals surface area contributed by atoms with Gasteiger partial charge in [0.25, 0.3) is 0 Å². The number of anilines is 1. The number of aliphatic imine (C=N–C) groups is 1. The Morgan fingerprint density at radius 3 is 2.75 bits per heavy atom. The predicted octanol–water partition coefficient (Wildman–Crippen LogP) is 2.70. The van der Waals surface area contributed by atoms with Crippen LogP contribution in [-0.2, 0) is 0 Å². The molecular formula is C20H34FIN6. The largest absolute Gasteiger partial charge is 0.355 e. The standard InChI is InChI=1S/C20H33FN6.HI/c1-15-6-10-26(11-7-15)16(2)13-24-20(22-3)25-17-8-12-27(14-17)19-18(21)5-4-9-23-19;/h4-5,9,15-17H,6-8,10-14H2,1-3H3,(H2,22,24,25);1H. The Bertz CT molecular complexity index is 635. The van der Waals surface area contributed by atoms with Gasteiger partial charge in [-0.3, -0.25) is 9.89 Å². The second-order valence-electron chi connectivity index (χ2n) is 7.91. The van der Waals surface area contributed by atoms with Crippen molar-refractivity contribution in [2.75, 3.05) is 44.7 Å². The lowest BCUT2D eigenvalue weighted by molar-refractivity contribution is 0.147. The molecule has 2 atom stereocenters. The van der Waals surface area contributed by atoms with Gasteiger partial charge in [-0.05, 0) is 57.3 Å². The number of guanidine groups is 1. The number of halogens is 2. The van der Waals surface area contributed by atoms with Crippen LogP contribution in [0.25, 0.3) is 0 Å². The minimum atomic E-state index is -0.259. The van der Waals surface area contributed by atoms with Gasteiger partial charge in [0.05, 0.1) is 0 Å². The molecule has 0 spiro atoms. The molecule has 6 nitrogen and oxygen atoms in total. The topological polar surface area (TPSA) is 55.8 Å². The zero-order valence-corrected chi connectivity index (χ0v) is 19.5. The van der Waals surface area contributed by atoms with E-state index in [0.29, 0.717) is 11.9 Å². The fourth-order valence-electron chi connectivity index (χ4n) is 3.91. The summed E-state index contributed by atoms with van der Waals surface area (Å²) < 4.78 is 13.9. The van der Waals surface area contributed by atoms with Gasteiger partial charge in [0, 0.05) is 45.0 Å². The minimum absolute atomic E-state index is 0. The number of aromatic nitrogens is 1. The molecule has 3 rings (SSSR count). The smallest absolute Gasteiger partial charge is 0.191 e. The van der Waals surface area contributed by atoms with E-state index in [4.69, 9.17) is 0 Å². The molecule has 2 aliphatic rings. The summed E-state index contributed by atoms with van der Waals surface area (Å²) >= 11 is 0. The minimum Gasteiger partial charge on any atom is -0.355 e. The van der Waals surface area contributed by atoms with Crippen molar-refractivity contribution in [2.45, 2.75) is 45.2 Å². The summed E-state index contributed by atoms with van der Waals surface area (Å²) in [6, 6.07) is 3.81. The molecule has 1 aromatic rings. The summed E-state index contributed by atoms with van der Waals surface area (Å²) in [6.07, 6.45) is 5.16. The van der Waals surface area contributed by atoms with Crippen LogP contribution in [0.2, 0.25) is 0 Å². The Kier molecular flexibility index (Phi) is 9.20. The van der Waals surface area contributed by atoms with E-state index in [9.17, 15) is 4.39 Å². The van der Waals surface area contributed by atoms with E-state index >= 15 is 0 Å². The Morgan fingerprint density at radius 2 is 2.07 bits per heavy atom. The Hall–Kier alpha value is -1.16. The number of likely N-dealkylation sites (tertiary alicyclic amines) is 1. The highest BCUT2D eigenvalue weighted by Crippen LogP contribution is 2.21. The number of pyridine rings is 1. The maximum atomic E-state index is 13.9. The molecule has 0 amide bonds. The molecule has 2 aliphatic heterocycles. The predicted molar refractivity (Wildman–Crippen MR) is 124 cm³/mol. The Labute approximate surface area is 185 Å². The molecule has 158 valence electrons. The average Bonchev–Trinajstić information content (AvgIpc) is 3.14. The average molecular weight is 504 g/mol. The van der Waals surface area contributed by atoms with Crippen LogP contribution < -0.4 is 15.5 Å². The van der Waals surface area contributed by atoms with Gasteiger partial charge in [-0.1, -0.05) is 6.92 Å². The normalized spacial score (nSPS) is 22.6.